The van der Waals surface area contributed by atoms with Gasteiger partial charge in [0.1, 0.15) is 0 Å². The number of benzene rings is 2. The highest BCUT2D eigenvalue weighted by Crippen LogP contribution is 2.30. The van der Waals surface area contributed by atoms with Gasteiger partial charge in [-0.05, 0) is 37.1 Å². The van der Waals surface area contributed by atoms with Gasteiger partial charge in [-0.3, -0.25) is 0 Å². The van der Waals surface area contributed by atoms with Crippen LogP contribution in [0.5, 0.6) is 0 Å². The Morgan fingerprint density at radius 1 is 1.21 bits per heavy atom. The summed E-state index contributed by atoms with van der Waals surface area (Å²) >= 11 is 7.91. The van der Waals surface area contributed by atoms with Crippen LogP contribution in [0.25, 0.3) is 0 Å². The molecule has 2 rings (SSSR count). The van der Waals surface area contributed by atoms with Crippen molar-refractivity contribution in [2.75, 3.05) is 0 Å². The van der Waals surface area contributed by atoms with Crippen molar-refractivity contribution in [3.63, 3.8) is 0 Å². The molecule has 3 heteroatoms. The zero-order chi connectivity index (χ0) is 13.8. The Morgan fingerprint density at radius 3 is 2.63 bits per heavy atom. The minimum atomic E-state index is -0.525. The van der Waals surface area contributed by atoms with Crippen molar-refractivity contribution in [2.24, 2.45) is 0 Å². The highest BCUT2D eigenvalue weighted by atomic mass is 35.5. The van der Waals surface area contributed by atoms with Crippen molar-refractivity contribution >= 4 is 23.4 Å². The quantitative estimate of drug-likeness (QED) is 0.801. The molecule has 0 bridgehead atoms. The molecule has 0 amide bonds. The van der Waals surface area contributed by atoms with E-state index in [-0.39, 0.29) is 0 Å². The second-order valence-corrected chi connectivity index (χ2v) is 6.09. The Hall–Kier alpha value is -0.960. The molecule has 0 fully saturated rings. The van der Waals surface area contributed by atoms with Gasteiger partial charge >= 0.3 is 0 Å². The molecule has 0 aromatic heterocycles. The van der Waals surface area contributed by atoms with Gasteiger partial charge in [-0.25, -0.2) is 0 Å². The monoisotopic (exact) mass is 292 g/mol. The summed E-state index contributed by atoms with van der Waals surface area (Å²) in [6.45, 7) is 3.82. The Morgan fingerprint density at radius 2 is 2.00 bits per heavy atom. The summed E-state index contributed by atoms with van der Waals surface area (Å²) in [4.78, 5) is 1.12. The SMILES string of the molecule is Cc1cccc(CSc2ccc(C(C)O)c(Cl)c2)c1. The maximum absolute atomic E-state index is 9.54. The Kier molecular flexibility index (Phi) is 4.92. The van der Waals surface area contributed by atoms with Gasteiger partial charge in [0.15, 0.2) is 0 Å². The molecule has 1 unspecified atom stereocenters. The van der Waals surface area contributed by atoms with Gasteiger partial charge in [-0.15, -0.1) is 11.8 Å². The van der Waals surface area contributed by atoms with Crippen LogP contribution in [0.3, 0.4) is 0 Å². The van der Waals surface area contributed by atoms with Crippen LogP contribution in [0.15, 0.2) is 47.4 Å². The van der Waals surface area contributed by atoms with E-state index in [1.54, 1.807) is 18.7 Å². The third kappa shape index (κ3) is 4.00. The first kappa shape index (κ1) is 14.4. The largest absolute Gasteiger partial charge is 0.389 e. The molecule has 0 heterocycles. The molecule has 0 saturated carbocycles. The molecular formula is C16H17ClOS. The van der Waals surface area contributed by atoms with Gasteiger partial charge in [-0.2, -0.15) is 0 Å². The molecular weight excluding hydrogens is 276 g/mol. The topological polar surface area (TPSA) is 20.2 Å². The molecule has 1 N–H and O–H groups in total. The van der Waals surface area contributed by atoms with E-state index >= 15 is 0 Å². The number of rotatable bonds is 4. The van der Waals surface area contributed by atoms with Crippen LogP contribution < -0.4 is 0 Å². The summed E-state index contributed by atoms with van der Waals surface area (Å²) in [5.41, 5.74) is 3.36. The molecule has 1 nitrogen and oxygen atoms in total. The lowest BCUT2D eigenvalue weighted by molar-refractivity contribution is 0.199. The fourth-order valence-corrected chi connectivity index (χ4v) is 3.19. The average molecular weight is 293 g/mol. The summed E-state index contributed by atoms with van der Waals surface area (Å²) in [5, 5.41) is 10.2. The third-order valence-electron chi connectivity index (χ3n) is 2.91. The fourth-order valence-electron chi connectivity index (χ4n) is 1.91. The molecule has 0 aliphatic rings. The first-order valence-electron chi connectivity index (χ1n) is 6.22. The number of aliphatic hydroxyl groups excluding tert-OH is 1. The van der Waals surface area contributed by atoms with Gasteiger partial charge in [0.05, 0.1) is 6.10 Å². The summed E-state index contributed by atoms with van der Waals surface area (Å²) in [6.07, 6.45) is -0.525. The Balaban J connectivity index is 2.06. The molecule has 2 aromatic carbocycles. The molecule has 0 aliphatic heterocycles. The van der Waals surface area contributed by atoms with Crippen molar-refractivity contribution in [1.82, 2.24) is 0 Å². The standard InChI is InChI=1S/C16H17ClOS/c1-11-4-3-5-13(8-11)10-19-14-6-7-15(12(2)18)16(17)9-14/h3-9,12,18H,10H2,1-2H3. The molecule has 0 aliphatic carbocycles. The summed E-state index contributed by atoms with van der Waals surface area (Å²) in [5.74, 6) is 0.923. The van der Waals surface area contributed by atoms with Crippen molar-refractivity contribution in [1.29, 1.82) is 0 Å². The van der Waals surface area contributed by atoms with Crippen LogP contribution in [0, 0.1) is 6.92 Å². The number of hydrogen-bond acceptors (Lipinski definition) is 2. The van der Waals surface area contributed by atoms with Crippen LogP contribution in [0.2, 0.25) is 5.02 Å². The normalized spacial score (nSPS) is 12.4. The second kappa shape index (κ2) is 6.47. The second-order valence-electron chi connectivity index (χ2n) is 4.64. The van der Waals surface area contributed by atoms with Crippen molar-refractivity contribution < 1.29 is 5.11 Å². The van der Waals surface area contributed by atoms with Gasteiger partial charge in [-0.1, -0.05) is 47.5 Å². The van der Waals surface area contributed by atoms with E-state index in [0.717, 1.165) is 16.2 Å². The van der Waals surface area contributed by atoms with Gasteiger partial charge in [0.25, 0.3) is 0 Å². The number of thioether (sulfide) groups is 1. The lowest BCUT2D eigenvalue weighted by Gasteiger charge is -2.09. The van der Waals surface area contributed by atoms with E-state index in [2.05, 4.69) is 31.2 Å². The van der Waals surface area contributed by atoms with Crippen LogP contribution in [-0.2, 0) is 5.75 Å². The van der Waals surface area contributed by atoms with Crippen LogP contribution in [0.4, 0.5) is 0 Å². The van der Waals surface area contributed by atoms with Crippen molar-refractivity contribution in [3.05, 3.63) is 64.2 Å². The van der Waals surface area contributed by atoms with Gasteiger partial charge in [0.2, 0.25) is 0 Å². The van der Waals surface area contributed by atoms with E-state index in [9.17, 15) is 5.11 Å². The first-order chi connectivity index (χ1) is 9.06. The number of aryl methyl sites for hydroxylation is 1. The number of hydrogen-bond donors (Lipinski definition) is 1. The molecule has 0 saturated heterocycles. The zero-order valence-corrected chi connectivity index (χ0v) is 12.6. The maximum atomic E-state index is 9.54. The molecule has 100 valence electrons. The van der Waals surface area contributed by atoms with Gasteiger partial charge in [0, 0.05) is 15.7 Å². The van der Waals surface area contributed by atoms with E-state index in [1.165, 1.54) is 11.1 Å². The van der Waals surface area contributed by atoms with E-state index in [0.29, 0.717) is 5.02 Å². The smallest absolute Gasteiger partial charge is 0.0776 e. The summed E-state index contributed by atoms with van der Waals surface area (Å²) in [7, 11) is 0. The number of aliphatic hydroxyl groups is 1. The van der Waals surface area contributed by atoms with E-state index < -0.39 is 6.10 Å². The Labute approximate surface area is 123 Å². The average Bonchev–Trinajstić information content (AvgIpc) is 2.36. The first-order valence-corrected chi connectivity index (χ1v) is 7.58. The predicted molar refractivity (Wildman–Crippen MR) is 82.8 cm³/mol. The molecule has 0 spiro atoms. The fraction of sp³-hybridized carbons (Fsp3) is 0.250. The summed E-state index contributed by atoms with van der Waals surface area (Å²) < 4.78 is 0. The minimum Gasteiger partial charge on any atom is -0.389 e. The molecule has 2 aromatic rings. The molecule has 1 atom stereocenters. The minimum absolute atomic E-state index is 0.525. The van der Waals surface area contributed by atoms with Gasteiger partial charge < -0.3 is 5.11 Å². The predicted octanol–water partition coefficient (Wildman–Crippen LogP) is 4.99. The van der Waals surface area contributed by atoms with Crippen LogP contribution >= 0.6 is 23.4 Å². The highest BCUT2D eigenvalue weighted by molar-refractivity contribution is 7.98. The zero-order valence-electron chi connectivity index (χ0n) is 11.1. The van der Waals surface area contributed by atoms with E-state index in [4.69, 9.17) is 11.6 Å². The van der Waals surface area contributed by atoms with Crippen molar-refractivity contribution in [3.8, 4) is 0 Å². The van der Waals surface area contributed by atoms with Crippen molar-refractivity contribution in [2.45, 2.75) is 30.6 Å². The van der Waals surface area contributed by atoms with Crippen LogP contribution in [0.1, 0.15) is 29.7 Å². The van der Waals surface area contributed by atoms with Crippen LogP contribution in [-0.4, -0.2) is 5.11 Å². The lowest BCUT2D eigenvalue weighted by atomic mass is 10.1. The molecule has 19 heavy (non-hydrogen) atoms. The summed E-state index contributed by atoms with van der Waals surface area (Å²) in [6, 6.07) is 14.3. The lowest BCUT2D eigenvalue weighted by Crippen LogP contribution is -1.92. The highest BCUT2D eigenvalue weighted by Gasteiger charge is 2.07. The Bertz CT molecular complexity index is 566. The molecule has 0 radical (unpaired) electrons. The third-order valence-corrected chi connectivity index (χ3v) is 4.30. The maximum Gasteiger partial charge on any atom is 0.0776 e. The van der Waals surface area contributed by atoms with E-state index in [1.807, 2.05) is 18.2 Å². The number of halogens is 1.